The van der Waals surface area contributed by atoms with Crippen molar-refractivity contribution in [2.24, 2.45) is 0 Å². The molecule has 1 aromatic rings. The quantitative estimate of drug-likeness (QED) is 0.710. The van der Waals surface area contributed by atoms with Crippen LogP contribution in [0.4, 0.5) is 5.69 Å². The maximum Gasteiger partial charge on any atom is 0.254 e. The van der Waals surface area contributed by atoms with Crippen LogP contribution in [0.15, 0.2) is 24.3 Å². The van der Waals surface area contributed by atoms with Gasteiger partial charge in [0.25, 0.3) is 5.91 Å². The standard InChI is InChI=1S/C10H12N2OS/c11-9-3-1-8(2-4-9)10(13)12-5-6-14-7-12/h1-4H,5-7,11H2. The Morgan fingerprint density at radius 1 is 1.36 bits per heavy atom. The molecule has 0 spiro atoms. The van der Waals surface area contributed by atoms with E-state index in [1.54, 1.807) is 36.0 Å². The molecule has 0 unspecified atom stereocenters. The van der Waals surface area contributed by atoms with E-state index in [9.17, 15) is 4.79 Å². The Labute approximate surface area is 87.3 Å². The normalized spacial score (nSPS) is 15.9. The van der Waals surface area contributed by atoms with Crippen LogP contribution in [0.25, 0.3) is 0 Å². The zero-order valence-electron chi connectivity index (χ0n) is 7.77. The predicted octanol–water partition coefficient (Wildman–Crippen LogP) is 1.42. The molecule has 1 aromatic carbocycles. The van der Waals surface area contributed by atoms with Gasteiger partial charge in [0.1, 0.15) is 0 Å². The summed E-state index contributed by atoms with van der Waals surface area (Å²) in [4.78, 5) is 13.7. The van der Waals surface area contributed by atoms with Crippen LogP contribution in [-0.4, -0.2) is 29.0 Å². The third-order valence-corrected chi connectivity index (χ3v) is 3.16. The molecule has 2 N–H and O–H groups in total. The number of anilines is 1. The number of hydrogen-bond donors (Lipinski definition) is 1. The average molecular weight is 208 g/mol. The van der Waals surface area contributed by atoms with Gasteiger partial charge in [-0.2, -0.15) is 0 Å². The van der Waals surface area contributed by atoms with Gasteiger partial charge in [-0.05, 0) is 24.3 Å². The number of hydrogen-bond acceptors (Lipinski definition) is 3. The zero-order valence-corrected chi connectivity index (χ0v) is 8.59. The van der Waals surface area contributed by atoms with Crippen molar-refractivity contribution in [3.63, 3.8) is 0 Å². The summed E-state index contributed by atoms with van der Waals surface area (Å²) in [6.07, 6.45) is 0. The molecule has 3 nitrogen and oxygen atoms in total. The molecular weight excluding hydrogens is 196 g/mol. The highest BCUT2D eigenvalue weighted by Gasteiger charge is 2.19. The van der Waals surface area contributed by atoms with Gasteiger partial charge >= 0.3 is 0 Å². The number of amides is 1. The smallest absolute Gasteiger partial charge is 0.254 e. The van der Waals surface area contributed by atoms with Gasteiger partial charge in [-0.1, -0.05) is 0 Å². The maximum atomic E-state index is 11.8. The first-order valence-corrected chi connectivity index (χ1v) is 5.65. The molecule has 4 heteroatoms. The second-order valence-electron chi connectivity index (χ2n) is 3.23. The van der Waals surface area contributed by atoms with Crippen molar-refractivity contribution in [2.75, 3.05) is 23.9 Å². The van der Waals surface area contributed by atoms with Gasteiger partial charge < -0.3 is 10.6 Å². The van der Waals surface area contributed by atoms with E-state index in [4.69, 9.17) is 5.73 Å². The topological polar surface area (TPSA) is 46.3 Å². The number of nitrogens with zero attached hydrogens (tertiary/aromatic N) is 1. The molecule has 1 aliphatic heterocycles. The summed E-state index contributed by atoms with van der Waals surface area (Å²) in [6, 6.07) is 7.08. The monoisotopic (exact) mass is 208 g/mol. The molecular formula is C10H12N2OS. The Morgan fingerprint density at radius 3 is 2.64 bits per heavy atom. The lowest BCUT2D eigenvalue weighted by molar-refractivity contribution is 0.0803. The largest absolute Gasteiger partial charge is 0.399 e. The van der Waals surface area contributed by atoms with E-state index in [-0.39, 0.29) is 5.91 Å². The summed E-state index contributed by atoms with van der Waals surface area (Å²) in [6.45, 7) is 0.855. The van der Waals surface area contributed by atoms with Gasteiger partial charge in [-0.25, -0.2) is 0 Å². The van der Waals surface area contributed by atoms with Gasteiger partial charge in [0.15, 0.2) is 0 Å². The Morgan fingerprint density at radius 2 is 2.07 bits per heavy atom. The first kappa shape index (κ1) is 9.40. The maximum absolute atomic E-state index is 11.8. The molecule has 74 valence electrons. The Kier molecular flexibility index (Phi) is 2.63. The van der Waals surface area contributed by atoms with E-state index < -0.39 is 0 Å². The van der Waals surface area contributed by atoms with Gasteiger partial charge in [0.2, 0.25) is 0 Å². The summed E-state index contributed by atoms with van der Waals surface area (Å²) in [5.74, 6) is 1.96. The van der Waals surface area contributed by atoms with E-state index in [2.05, 4.69) is 0 Å². The Hall–Kier alpha value is -1.16. The molecule has 0 saturated carbocycles. The van der Waals surface area contributed by atoms with Crippen LogP contribution in [-0.2, 0) is 0 Å². The number of nitrogen functional groups attached to an aromatic ring is 1. The third kappa shape index (κ3) is 1.85. The molecule has 1 heterocycles. The molecule has 1 aliphatic rings. The highest BCUT2D eigenvalue weighted by molar-refractivity contribution is 7.99. The Balaban J connectivity index is 2.14. The van der Waals surface area contributed by atoms with E-state index in [1.165, 1.54) is 0 Å². The number of rotatable bonds is 1. The summed E-state index contributed by atoms with van der Waals surface area (Å²) in [5, 5.41) is 0. The first-order valence-electron chi connectivity index (χ1n) is 4.50. The van der Waals surface area contributed by atoms with Gasteiger partial charge in [-0.15, -0.1) is 11.8 Å². The molecule has 0 bridgehead atoms. The molecule has 14 heavy (non-hydrogen) atoms. The summed E-state index contributed by atoms with van der Waals surface area (Å²) >= 11 is 1.79. The van der Waals surface area contributed by atoms with Crippen LogP contribution >= 0.6 is 11.8 Å². The second kappa shape index (κ2) is 3.92. The fourth-order valence-electron chi connectivity index (χ4n) is 1.38. The zero-order chi connectivity index (χ0) is 9.97. The van der Waals surface area contributed by atoms with Crippen LogP contribution in [0.3, 0.4) is 0 Å². The number of benzene rings is 1. The van der Waals surface area contributed by atoms with Crippen LogP contribution < -0.4 is 5.73 Å². The molecule has 0 atom stereocenters. The van der Waals surface area contributed by atoms with Crippen molar-refractivity contribution in [2.45, 2.75) is 0 Å². The highest BCUT2D eigenvalue weighted by atomic mass is 32.2. The van der Waals surface area contributed by atoms with Crippen molar-refractivity contribution < 1.29 is 4.79 Å². The number of carbonyl (C=O) groups excluding carboxylic acids is 1. The van der Waals surface area contributed by atoms with Gasteiger partial charge in [0.05, 0.1) is 5.88 Å². The minimum atomic E-state index is 0.106. The molecule has 2 rings (SSSR count). The molecule has 1 fully saturated rings. The average Bonchev–Trinajstić information content (AvgIpc) is 2.71. The number of carbonyl (C=O) groups is 1. The lowest BCUT2D eigenvalue weighted by Gasteiger charge is -2.14. The van der Waals surface area contributed by atoms with Crippen LogP contribution in [0.5, 0.6) is 0 Å². The van der Waals surface area contributed by atoms with Gasteiger partial charge in [0, 0.05) is 23.5 Å². The molecule has 1 amide bonds. The van der Waals surface area contributed by atoms with Crippen molar-refractivity contribution in [3.05, 3.63) is 29.8 Å². The summed E-state index contributed by atoms with van der Waals surface area (Å²) in [7, 11) is 0. The van der Waals surface area contributed by atoms with Crippen molar-refractivity contribution in [1.82, 2.24) is 4.90 Å². The minimum Gasteiger partial charge on any atom is -0.399 e. The number of thioether (sulfide) groups is 1. The van der Waals surface area contributed by atoms with Crippen LogP contribution in [0.1, 0.15) is 10.4 Å². The predicted molar refractivity (Wildman–Crippen MR) is 59.2 cm³/mol. The molecule has 0 aromatic heterocycles. The van der Waals surface area contributed by atoms with E-state index >= 15 is 0 Å². The van der Waals surface area contributed by atoms with E-state index in [0.717, 1.165) is 23.7 Å². The SMILES string of the molecule is Nc1ccc(C(=O)N2CCSC2)cc1. The van der Waals surface area contributed by atoms with Crippen molar-refractivity contribution >= 4 is 23.4 Å². The second-order valence-corrected chi connectivity index (χ2v) is 4.30. The fourth-order valence-corrected chi connectivity index (χ4v) is 2.33. The molecule has 1 saturated heterocycles. The summed E-state index contributed by atoms with van der Waals surface area (Å²) in [5.41, 5.74) is 6.97. The first-order chi connectivity index (χ1) is 6.77. The Bertz CT molecular complexity index is 330. The van der Waals surface area contributed by atoms with Crippen LogP contribution in [0.2, 0.25) is 0 Å². The van der Waals surface area contributed by atoms with Crippen LogP contribution in [0, 0.1) is 0 Å². The van der Waals surface area contributed by atoms with E-state index in [1.807, 2.05) is 4.90 Å². The number of nitrogens with two attached hydrogens (primary N) is 1. The molecule has 0 radical (unpaired) electrons. The van der Waals surface area contributed by atoms with Crippen molar-refractivity contribution in [1.29, 1.82) is 0 Å². The lowest BCUT2D eigenvalue weighted by atomic mass is 10.2. The summed E-state index contributed by atoms with van der Waals surface area (Å²) < 4.78 is 0. The van der Waals surface area contributed by atoms with E-state index in [0.29, 0.717) is 5.69 Å². The molecule has 0 aliphatic carbocycles. The third-order valence-electron chi connectivity index (χ3n) is 2.20. The lowest BCUT2D eigenvalue weighted by Crippen LogP contribution is -2.27. The highest BCUT2D eigenvalue weighted by Crippen LogP contribution is 2.17. The minimum absolute atomic E-state index is 0.106. The fraction of sp³-hybridized carbons (Fsp3) is 0.300. The van der Waals surface area contributed by atoms with Gasteiger partial charge in [-0.3, -0.25) is 4.79 Å². The van der Waals surface area contributed by atoms with Crippen molar-refractivity contribution in [3.8, 4) is 0 Å².